The molecule has 0 bridgehead atoms. The van der Waals surface area contributed by atoms with Crippen molar-refractivity contribution >= 4 is 137 Å². The first-order chi connectivity index (χ1) is 33.2. The second-order valence-corrected chi connectivity index (χ2v) is 19.3. The summed E-state index contributed by atoms with van der Waals surface area (Å²) in [5, 5.41) is 4.98. The summed E-state index contributed by atoms with van der Waals surface area (Å²) in [6, 6.07) is 83.4. The van der Waals surface area contributed by atoms with Crippen molar-refractivity contribution in [2.75, 3.05) is 14.7 Å². The minimum absolute atomic E-state index is 0.0291. The maximum atomic E-state index is 7.20. The number of ether oxygens (including phenoxy) is 1. The predicted molar refractivity (Wildman–Crippen MR) is 287 cm³/mol. The molecule has 10 aromatic carbocycles. The molecule has 0 saturated heterocycles. The Morgan fingerprint density at radius 2 is 0.851 bits per heavy atom. The monoisotopic (exact) mass is 891 g/mol. The van der Waals surface area contributed by atoms with Gasteiger partial charge in [0.15, 0.2) is 0 Å². The van der Waals surface area contributed by atoms with E-state index in [1.165, 1.54) is 62.4 Å². The van der Waals surface area contributed by atoms with Gasteiger partial charge in [0.1, 0.15) is 11.5 Å². The minimum atomic E-state index is -0.0291. The standard InChI is InChI=1S/C60H38BN3OS2/c1-6-17-39(18-7-1)62(40-19-8-2-9-20-40)44-29-31-46-48-33-35-50-57(59(48)66-54(46)37-44)64(43-25-14-5-15-26-43)52-27-16-28-53-56(52)61(50)51-36-34-49-47-32-30-45(38-55(47)67-60(49)58(51)65-53)63(41-21-10-3-11-22-41)42-23-12-4-13-24-42/h1-38H. The molecule has 0 saturated carbocycles. The molecule has 14 rings (SSSR count). The molecule has 0 atom stereocenters. The molecule has 0 fully saturated rings. The molecule has 0 N–H and O–H groups in total. The van der Waals surface area contributed by atoms with Crippen molar-refractivity contribution in [3.05, 3.63) is 231 Å². The molecule has 67 heavy (non-hydrogen) atoms. The Balaban J connectivity index is 0.959. The third-order valence-electron chi connectivity index (χ3n) is 13.5. The van der Waals surface area contributed by atoms with E-state index < -0.39 is 0 Å². The van der Waals surface area contributed by atoms with Gasteiger partial charge in [0.25, 0.3) is 6.71 Å². The molecular weight excluding hydrogens is 854 g/mol. The van der Waals surface area contributed by atoms with E-state index in [2.05, 4.69) is 245 Å². The van der Waals surface area contributed by atoms with Crippen molar-refractivity contribution in [3.63, 3.8) is 0 Å². The Hall–Kier alpha value is -8.10. The quantitative estimate of drug-likeness (QED) is 0.148. The number of nitrogens with zero attached hydrogens (tertiary/aromatic N) is 3. The van der Waals surface area contributed by atoms with Gasteiger partial charge in [-0.3, -0.25) is 0 Å². The molecule has 0 unspecified atom stereocenters. The number of anilines is 9. The van der Waals surface area contributed by atoms with E-state index in [1.807, 2.05) is 22.7 Å². The summed E-state index contributed by atoms with van der Waals surface area (Å²) >= 11 is 3.72. The summed E-state index contributed by atoms with van der Waals surface area (Å²) in [5.41, 5.74) is 14.0. The molecule has 0 spiro atoms. The van der Waals surface area contributed by atoms with Gasteiger partial charge < -0.3 is 19.4 Å². The lowest BCUT2D eigenvalue weighted by Gasteiger charge is -2.40. The number of para-hydroxylation sites is 5. The molecule has 7 heteroatoms. The fourth-order valence-electron chi connectivity index (χ4n) is 10.6. The van der Waals surface area contributed by atoms with Crippen LogP contribution in [-0.4, -0.2) is 6.71 Å². The smallest absolute Gasteiger partial charge is 0.256 e. The summed E-state index contributed by atoms with van der Waals surface area (Å²) in [4.78, 5) is 7.18. The third kappa shape index (κ3) is 5.98. The molecule has 2 aromatic heterocycles. The lowest BCUT2D eigenvalue weighted by Crippen LogP contribution is -2.59. The van der Waals surface area contributed by atoms with Crippen LogP contribution in [0.1, 0.15) is 0 Å². The Bertz CT molecular complexity index is 3780. The Kier molecular flexibility index (Phi) is 8.69. The van der Waals surface area contributed by atoms with Gasteiger partial charge in [0.05, 0.1) is 15.1 Å². The molecule has 0 aliphatic carbocycles. The molecule has 4 nitrogen and oxygen atoms in total. The molecule has 314 valence electrons. The van der Waals surface area contributed by atoms with Crippen molar-refractivity contribution in [3.8, 4) is 11.5 Å². The van der Waals surface area contributed by atoms with Crippen LogP contribution in [0.5, 0.6) is 11.5 Å². The number of thiophene rings is 2. The highest BCUT2D eigenvalue weighted by atomic mass is 32.1. The van der Waals surface area contributed by atoms with Crippen LogP contribution in [0.2, 0.25) is 0 Å². The number of rotatable bonds is 7. The molecule has 2 aliphatic heterocycles. The highest BCUT2D eigenvalue weighted by Crippen LogP contribution is 2.50. The van der Waals surface area contributed by atoms with Gasteiger partial charge in [0.2, 0.25) is 0 Å². The number of benzene rings is 10. The fourth-order valence-corrected chi connectivity index (χ4v) is 13.1. The first-order valence-electron chi connectivity index (χ1n) is 22.7. The average molecular weight is 892 g/mol. The first kappa shape index (κ1) is 38.2. The zero-order valence-electron chi connectivity index (χ0n) is 36.1. The summed E-state index contributed by atoms with van der Waals surface area (Å²) in [6.07, 6.45) is 0. The highest BCUT2D eigenvalue weighted by Gasteiger charge is 2.43. The van der Waals surface area contributed by atoms with E-state index in [4.69, 9.17) is 4.74 Å². The third-order valence-corrected chi connectivity index (χ3v) is 15.8. The second kappa shape index (κ2) is 15.2. The Morgan fingerprint density at radius 3 is 1.39 bits per heavy atom. The van der Waals surface area contributed by atoms with Gasteiger partial charge in [-0.1, -0.05) is 133 Å². The van der Waals surface area contributed by atoms with E-state index in [1.54, 1.807) is 0 Å². The van der Waals surface area contributed by atoms with Gasteiger partial charge in [-0.25, -0.2) is 0 Å². The van der Waals surface area contributed by atoms with Crippen LogP contribution in [0.4, 0.5) is 51.2 Å². The van der Waals surface area contributed by atoms with E-state index in [0.717, 1.165) is 57.0 Å². The summed E-state index contributed by atoms with van der Waals surface area (Å²) in [6.45, 7) is -0.0291. The Labute approximate surface area is 396 Å². The molecule has 2 aliphatic rings. The van der Waals surface area contributed by atoms with Crippen LogP contribution in [0.25, 0.3) is 40.3 Å². The van der Waals surface area contributed by atoms with Gasteiger partial charge >= 0.3 is 0 Å². The topological polar surface area (TPSA) is 19.0 Å². The van der Waals surface area contributed by atoms with Crippen LogP contribution in [0, 0.1) is 0 Å². The van der Waals surface area contributed by atoms with Gasteiger partial charge in [-0.05, 0) is 113 Å². The van der Waals surface area contributed by atoms with E-state index in [0.29, 0.717) is 0 Å². The van der Waals surface area contributed by atoms with Crippen molar-refractivity contribution in [2.45, 2.75) is 0 Å². The second-order valence-electron chi connectivity index (χ2n) is 17.2. The van der Waals surface area contributed by atoms with Crippen molar-refractivity contribution < 1.29 is 4.74 Å². The SMILES string of the molecule is c1ccc(N(c2ccccc2)c2ccc3c(c2)sc2c4c(ccc23)B2c3ccc5c(sc6cc(N(c7ccccc7)c7ccccc7)ccc65)c3N(c3ccccc3)c3cccc(c32)O4)cc1. The van der Waals surface area contributed by atoms with Crippen LogP contribution >= 0.6 is 22.7 Å². The Morgan fingerprint density at radius 1 is 0.388 bits per heavy atom. The maximum absolute atomic E-state index is 7.20. The predicted octanol–water partition coefficient (Wildman–Crippen LogP) is 15.8. The van der Waals surface area contributed by atoms with Crippen molar-refractivity contribution in [1.29, 1.82) is 0 Å². The molecule has 0 amide bonds. The molecule has 12 aromatic rings. The van der Waals surface area contributed by atoms with E-state index in [9.17, 15) is 0 Å². The van der Waals surface area contributed by atoms with Gasteiger partial charge in [-0.2, -0.15) is 0 Å². The molecule has 4 heterocycles. The van der Waals surface area contributed by atoms with Crippen LogP contribution in [0.15, 0.2) is 231 Å². The zero-order valence-corrected chi connectivity index (χ0v) is 37.7. The highest BCUT2D eigenvalue weighted by molar-refractivity contribution is 7.27. The van der Waals surface area contributed by atoms with Crippen molar-refractivity contribution in [2.24, 2.45) is 0 Å². The zero-order chi connectivity index (χ0) is 44.0. The summed E-state index contributed by atoms with van der Waals surface area (Å²) in [5.74, 6) is 1.87. The minimum Gasteiger partial charge on any atom is -0.457 e. The molecular formula is C60H38BN3OS2. The maximum Gasteiger partial charge on any atom is 0.256 e. The van der Waals surface area contributed by atoms with Crippen LogP contribution < -0.4 is 35.8 Å². The summed E-state index contributed by atoms with van der Waals surface area (Å²) in [7, 11) is 0. The number of fused-ring (bicyclic) bond motifs is 12. The average Bonchev–Trinajstić information content (AvgIpc) is 3.96. The largest absolute Gasteiger partial charge is 0.457 e. The first-order valence-corrected chi connectivity index (χ1v) is 24.3. The number of hydrogen-bond acceptors (Lipinski definition) is 6. The normalized spacial score (nSPS) is 12.5. The van der Waals surface area contributed by atoms with Gasteiger partial charge in [-0.15, -0.1) is 22.7 Å². The molecule has 0 radical (unpaired) electrons. The lowest BCUT2D eigenvalue weighted by atomic mass is 9.34. The summed E-state index contributed by atoms with van der Waals surface area (Å²) < 4.78 is 12.1. The van der Waals surface area contributed by atoms with Gasteiger partial charge in [0, 0.05) is 76.4 Å². The number of hydrogen-bond donors (Lipinski definition) is 0. The van der Waals surface area contributed by atoms with E-state index in [-0.39, 0.29) is 6.71 Å². The van der Waals surface area contributed by atoms with Crippen molar-refractivity contribution in [1.82, 2.24) is 0 Å². The lowest BCUT2D eigenvalue weighted by molar-refractivity contribution is 0.494. The van der Waals surface area contributed by atoms with Crippen LogP contribution in [0.3, 0.4) is 0 Å². The van der Waals surface area contributed by atoms with Crippen LogP contribution in [-0.2, 0) is 0 Å². The van der Waals surface area contributed by atoms with E-state index >= 15 is 0 Å². The fraction of sp³-hybridized carbons (Fsp3) is 0.